The number of amides is 2. The number of carbonyl (C=O) groups excluding carboxylic acids is 2. The molecule has 1 atom stereocenters. The van der Waals surface area contributed by atoms with Gasteiger partial charge in [0.2, 0.25) is 11.8 Å². The van der Waals surface area contributed by atoms with E-state index in [2.05, 4.69) is 20.6 Å². The van der Waals surface area contributed by atoms with Crippen molar-refractivity contribution >= 4 is 35.5 Å². The number of carboxylic acid groups (broad SMARTS) is 1. The zero-order valence-corrected chi connectivity index (χ0v) is 14.2. The van der Waals surface area contributed by atoms with Crippen LogP contribution in [0.3, 0.4) is 0 Å². The number of carbonyl (C=O) groups is 3. The van der Waals surface area contributed by atoms with Gasteiger partial charge in [-0.25, -0.2) is 4.79 Å². The summed E-state index contributed by atoms with van der Waals surface area (Å²) in [7, 11) is 1.32. The number of anilines is 1. The van der Waals surface area contributed by atoms with Crippen molar-refractivity contribution < 1.29 is 24.3 Å². The quantitative estimate of drug-likeness (QED) is 0.227. The maximum atomic E-state index is 11.9. The minimum Gasteiger partial charge on any atom is -0.480 e. The van der Waals surface area contributed by atoms with E-state index in [1.54, 1.807) is 24.3 Å². The van der Waals surface area contributed by atoms with Gasteiger partial charge in [0, 0.05) is 36.7 Å². The molecule has 0 heterocycles. The highest BCUT2D eigenvalue weighted by atomic mass is 16.6. The third-order valence-corrected chi connectivity index (χ3v) is 3.21. The first-order valence-corrected chi connectivity index (χ1v) is 7.65. The molecule has 0 saturated heterocycles. The number of nitrogens with two attached hydrogens (primary N) is 1. The lowest BCUT2D eigenvalue weighted by Crippen LogP contribution is -2.41. The molecule has 0 radical (unpaired) electrons. The molecule has 0 aliphatic carbocycles. The highest BCUT2D eigenvalue weighted by Crippen LogP contribution is 2.10. The lowest BCUT2D eigenvalue weighted by Gasteiger charge is -2.12. The fourth-order valence-corrected chi connectivity index (χ4v) is 1.89. The Labute approximate surface area is 149 Å². The van der Waals surface area contributed by atoms with E-state index in [0.717, 1.165) is 0 Å². The van der Waals surface area contributed by atoms with Crippen LogP contribution in [-0.4, -0.2) is 48.1 Å². The summed E-state index contributed by atoms with van der Waals surface area (Å²) < 4.78 is 0. The highest BCUT2D eigenvalue weighted by molar-refractivity contribution is 5.97. The lowest BCUT2D eigenvalue weighted by molar-refractivity contribution is -0.141. The van der Waals surface area contributed by atoms with Crippen LogP contribution in [0.25, 0.3) is 0 Å². The summed E-state index contributed by atoms with van der Waals surface area (Å²) in [5, 5.41) is 24.6. The van der Waals surface area contributed by atoms with Crippen molar-refractivity contribution in [2.75, 3.05) is 12.4 Å². The molecule has 0 saturated carbocycles. The summed E-state index contributed by atoms with van der Waals surface area (Å²) in [6.45, 7) is 0. The summed E-state index contributed by atoms with van der Waals surface area (Å²) >= 11 is 0. The van der Waals surface area contributed by atoms with Gasteiger partial charge in [0.05, 0.1) is 0 Å². The number of nitrogens with one attached hydrogen (secondary N) is 3. The first kappa shape index (κ1) is 20.6. The smallest absolute Gasteiger partial charge is 0.326 e. The van der Waals surface area contributed by atoms with Crippen LogP contribution in [0.1, 0.15) is 24.8 Å². The van der Waals surface area contributed by atoms with Crippen molar-refractivity contribution in [2.24, 2.45) is 10.9 Å². The Morgan fingerprint density at radius 1 is 1.27 bits per heavy atom. The molecule has 6 N–H and O–H groups in total. The van der Waals surface area contributed by atoms with Gasteiger partial charge in [0.15, 0.2) is 0 Å². The maximum absolute atomic E-state index is 11.9. The number of oxime groups is 1. The molecular weight excluding hydrogens is 342 g/mol. The van der Waals surface area contributed by atoms with Gasteiger partial charge in [0.1, 0.15) is 19.0 Å². The number of nitrogens with zero attached hydrogens (tertiary/aromatic N) is 1. The molecule has 2 amide bonds. The van der Waals surface area contributed by atoms with E-state index in [1.165, 1.54) is 13.3 Å². The maximum Gasteiger partial charge on any atom is 0.326 e. The monoisotopic (exact) mass is 363 g/mol. The fraction of sp³-hybridized carbons (Fsp3) is 0.312. The molecule has 1 rings (SSSR count). The van der Waals surface area contributed by atoms with Crippen molar-refractivity contribution in [1.29, 1.82) is 5.41 Å². The molecule has 0 aliphatic rings. The molecule has 26 heavy (non-hydrogen) atoms. The van der Waals surface area contributed by atoms with Crippen LogP contribution >= 0.6 is 0 Å². The number of aliphatic carboxylic acids is 1. The molecule has 0 aromatic heterocycles. The average molecular weight is 363 g/mol. The second-order valence-corrected chi connectivity index (χ2v) is 5.20. The number of rotatable bonds is 10. The Kier molecular flexibility index (Phi) is 8.28. The first-order valence-electron chi connectivity index (χ1n) is 7.65. The molecule has 0 fully saturated rings. The summed E-state index contributed by atoms with van der Waals surface area (Å²) in [6.07, 6.45) is 0.918. The van der Waals surface area contributed by atoms with Crippen LogP contribution in [0.2, 0.25) is 0 Å². The topological polar surface area (TPSA) is 167 Å². The molecule has 10 nitrogen and oxygen atoms in total. The van der Waals surface area contributed by atoms with E-state index in [4.69, 9.17) is 16.2 Å². The minimum atomic E-state index is -1.21. The van der Waals surface area contributed by atoms with Crippen LogP contribution in [0, 0.1) is 5.41 Å². The third-order valence-electron chi connectivity index (χ3n) is 3.21. The van der Waals surface area contributed by atoms with Crippen molar-refractivity contribution in [3.05, 3.63) is 29.8 Å². The van der Waals surface area contributed by atoms with Crippen molar-refractivity contribution in [3.63, 3.8) is 0 Å². The largest absolute Gasteiger partial charge is 0.480 e. The van der Waals surface area contributed by atoms with Gasteiger partial charge in [-0.3, -0.25) is 15.0 Å². The summed E-state index contributed by atoms with van der Waals surface area (Å²) in [6, 6.07) is 5.20. The SMILES string of the molecule is CO/N=C/CC(NC(=O)CCC(=O)Nc1ccc(C(=N)N)cc1)C(=O)O. The minimum absolute atomic E-state index is 0.0381. The predicted octanol–water partition coefficient (Wildman–Crippen LogP) is 0.281. The second-order valence-electron chi connectivity index (χ2n) is 5.20. The molecule has 0 spiro atoms. The third kappa shape index (κ3) is 7.43. The zero-order valence-electron chi connectivity index (χ0n) is 14.2. The second kappa shape index (κ2) is 10.4. The Balaban J connectivity index is 2.45. The standard InChI is InChI=1S/C16H21N5O5/c1-26-19-9-8-12(16(24)25)21-14(23)7-6-13(22)20-11-4-2-10(3-5-11)15(17)18/h2-5,9,12H,6-8H2,1H3,(H3,17,18)(H,20,22)(H,21,23)(H,24,25)/b19-9+. The Hall–Kier alpha value is -3.43. The van der Waals surface area contributed by atoms with E-state index >= 15 is 0 Å². The van der Waals surface area contributed by atoms with Crippen molar-refractivity contribution in [2.45, 2.75) is 25.3 Å². The molecule has 140 valence electrons. The Bertz CT molecular complexity index is 687. The van der Waals surface area contributed by atoms with Crippen LogP contribution in [0.5, 0.6) is 0 Å². The summed E-state index contributed by atoms with van der Waals surface area (Å²) in [4.78, 5) is 39.1. The van der Waals surface area contributed by atoms with Crippen LogP contribution < -0.4 is 16.4 Å². The Morgan fingerprint density at radius 3 is 2.42 bits per heavy atom. The predicted molar refractivity (Wildman–Crippen MR) is 95.0 cm³/mol. The van der Waals surface area contributed by atoms with Gasteiger partial charge in [-0.1, -0.05) is 5.16 Å². The lowest BCUT2D eigenvalue weighted by atomic mass is 10.2. The highest BCUT2D eigenvalue weighted by Gasteiger charge is 2.19. The normalized spacial score (nSPS) is 11.6. The molecule has 1 aromatic rings. The molecule has 10 heteroatoms. The van der Waals surface area contributed by atoms with E-state index < -0.39 is 23.8 Å². The summed E-state index contributed by atoms with van der Waals surface area (Å²) in [5.41, 5.74) is 6.37. The van der Waals surface area contributed by atoms with Gasteiger partial charge in [0.25, 0.3) is 0 Å². The van der Waals surface area contributed by atoms with E-state index in [0.29, 0.717) is 11.3 Å². The molecule has 0 bridgehead atoms. The number of carboxylic acids is 1. The van der Waals surface area contributed by atoms with Gasteiger partial charge in [-0.05, 0) is 24.3 Å². The number of amidine groups is 1. The number of benzene rings is 1. The first-order chi connectivity index (χ1) is 12.3. The van der Waals surface area contributed by atoms with Crippen LogP contribution in [0.15, 0.2) is 29.4 Å². The molecule has 1 aromatic carbocycles. The fourth-order valence-electron chi connectivity index (χ4n) is 1.89. The van der Waals surface area contributed by atoms with Crippen molar-refractivity contribution in [3.8, 4) is 0 Å². The van der Waals surface area contributed by atoms with E-state index in [-0.39, 0.29) is 25.1 Å². The number of hydrogen-bond acceptors (Lipinski definition) is 6. The van der Waals surface area contributed by atoms with E-state index in [9.17, 15) is 14.4 Å². The van der Waals surface area contributed by atoms with Gasteiger partial charge >= 0.3 is 5.97 Å². The van der Waals surface area contributed by atoms with Gasteiger partial charge in [-0.2, -0.15) is 0 Å². The molecule has 1 unspecified atom stereocenters. The van der Waals surface area contributed by atoms with Gasteiger partial charge in [-0.15, -0.1) is 0 Å². The van der Waals surface area contributed by atoms with Crippen LogP contribution in [0.4, 0.5) is 5.69 Å². The molecule has 0 aliphatic heterocycles. The van der Waals surface area contributed by atoms with Crippen LogP contribution in [-0.2, 0) is 19.2 Å². The van der Waals surface area contributed by atoms with Gasteiger partial charge < -0.3 is 26.3 Å². The number of nitrogen functional groups attached to an aromatic ring is 1. The summed E-state index contributed by atoms with van der Waals surface area (Å²) in [5.74, 6) is -2.26. The number of hydrogen-bond donors (Lipinski definition) is 5. The molecular formula is C16H21N5O5. The zero-order chi connectivity index (χ0) is 19.5. The Morgan fingerprint density at radius 2 is 1.88 bits per heavy atom. The average Bonchev–Trinajstić information content (AvgIpc) is 2.59. The van der Waals surface area contributed by atoms with Crippen molar-refractivity contribution in [1.82, 2.24) is 5.32 Å². The van der Waals surface area contributed by atoms with E-state index in [1.807, 2.05) is 0 Å².